The summed E-state index contributed by atoms with van der Waals surface area (Å²) in [7, 11) is 1.95. The van der Waals surface area contributed by atoms with Gasteiger partial charge in [-0.2, -0.15) is 11.8 Å². The van der Waals surface area contributed by atoms with Gasteiger partial charge in [-0.05, 0) is 17.9 Å². The molecule has 1 aromatic rings. The highest BCUT2D eigenvalue weighted by atomic mass is 32.2. The zero-order valence-corrected chi connectivity index (χ0v) is 10.9. The summed E-state index contributed by atoms with van der Waals surface area (Å²) in [5, 5.41) is 10.0. The van der Waals surface area contributed by atoms with Crippen LogP contribution in [0.5, 0.6) is 0 Å². The van der Waals surface area contributed by atoms with Crippen molar-refractivity contribution < 1.29 is 5.11 Å². The molecule has 0 radical (unpaired) electrons. The average Bonchev–Trinajstić information content (AvgIpc) is 2.60. The SMILES string of the molecule is CCSCCCSc1ncc(CO)n1C. The second-order valence-electron chi connectivity index (χ2n) is 3.15. The Kier molecular flexibility index (Phi) is 6.20. The van der Waals surface area contributed by atoms with Gasteiger partial charge in [0.1, 0.15) is 0 Å². The zero-order chi connectivity index (χ0) is 11.1. The predicted molar refractivity (Wildman–Crippen MR) is 67.5 cm³/mol. The molecule has 3 nitrogen and oxygen atoms in total. The maximum absolute atomic E-state index is 9.00. The summed E-state index contributed by atoms with van der Waals surface area (Å²) in [4.78, 5) is 4.26. The van der Waals surface area contributed by atoms with Crippen LogP contribution in [0.4, 0.5) is 0 Å². The Hall–Kier alpha value is -0.130. The highest BCUT2D eigenvalue weighted by molar-refractivity contribution is 8.00. The molecular weight excluding hydrogens is 228 g/mol. The molecule has 0 fully saturated rings. The Morgan fingerprint density at radius 2 is 2.27 bits per heavy atom. The van der Waals surface area contributed by atoms with Gasteiger partial charge in [-0.15, -0.1) is 0 Å². The number of aliphatic hydroxyl groups excluding tert-OH is 1. The first-order chi connectivity index (χ1) is 7.29. The van der Waals surface area contributed by atoms with Crippen LogP contribution in [0.15, 0.2) is 11.4 Å². The molecule has 1 N–H and O–H groups in total. The van der Waals surface area contributed by atoms with Crippen molar-refractivity contribution in [1.29, 1.82) is 0 Å². The largest absolute Gasteiger partial charge is 0.390 e. The van der Waals surface area contributed by atoms with E-state index in [1.54, 1.807) is 18.0 Å². The first-order valence-corrected chi connectivity index (χ1v) is 7.25. The van der Waals surface area contributed by atoms with Gasteiger partial charge in [-0.25, -0.2) is 4.98 Å². The molecule has 0 saturated carbocycles. The summed E-state index contributed by atoms with van der Waals surface area (Å²) in [5.41, 5.74) is 0.875. The Bertz CT molecular complexity index is 289. The van der Waals surface area contributed by atoms with Gasteiger partial charge < -0.3 is 9.67 Å². The fourth-order valence-corrected chi connectivity index (χ4v) is 2.90. The molecule has 1 rings (SSSR count). The van der Waals surface area contributed by atoms with Gasteiger partial charge in [0.05, 0.1) is 18.5 Å². The van der Waals surface area contributed by atoms with Crippen LogP contribution in [0.2, 0.25) is 0 Å². The topological polar surface area (TPSA) is 38.1 Å². The average molecular weight is 246 g/mol. The van der Waals surface area contributed by atoms with Crippen molar-refractivity contribution in [1.82, 2.24) is 9.55 Å². The minimum Gasteiger partial charge on any atom is -0.390 e. The van der Waals surface area contributed by atoms with Gasteiger partial charge in [0.2, 0.25) is 0 Å². The van der Waals surface area contributed by atoms with Crippen molar-refractivity contribution in [2.45, 2.75) is 25.1 Å². The quantitative estimate of drug-likeness (QED) is 0.591. The molecule has 0 spiro atoms. The van der Waals surface area contributed by atoms with Gasteiger partial charge in [0, 0.05) is 12.8 Å². The lowest BCUT2D eigenvalue weighted by atomic mass is 10.5. The van der Waals surface area contributed by atoms with Crippen molar-refractivity contribution in [2.24, 2.45) is 7.05 Å². The first kappa shape index (κ1) is 12.9. The molecule has 15 heavy (non-hydrogen) atoms. The van der Waals surface area contributed by atoms with Gasteiger partial charge in [0.15, 0.2) is 5.16 Å². The molecule has 0 bridgehead atoms. The summed E-state index contributed by atoms with van der Waals surface area (Å²) in [5.74, 6) is 3.52. The lowest BCUT2D eigenvalue weighted by molar-refractivity contribution is 0.271. The number of rotatable bonds is 7. The Morgan fingerprint density at radius 1 is 1.47 bits per heavy atom. The van der Waals surface area contributed by atoms with Crippen molar-refractivity contribution in [3.63, 3.8) is 0 Å². The van der Waals surface area contributed by atoms with E-state index in [-0.39, 0.29) is 6.61 Å². The van der Waals surface area contributed by atoms with E-state index < -0.39 is 0 Å². The number of imidazole rings is 1. The Labute approximate surface area is 99.7 Å². The van der Waals surface area contributed by atoms with E-state index in [0.717, 1.165) is 16.6 Å². The van der Waals surface area contributed by atoms with Gasteiger partial charge >= 0.3 is 0 Å². The molecule has 0 amide bonds. The number of aromatic nitrogens is 2. The second kappa shape index (κ2) is 7.19. The van der Waals surface area contributed by atoms with Gasteiger partial charge in [-0.3, -0.25) is 0 Å². The van der Waals surface area contributed by atoms with Crippen LogP contribution in [0, 0.1) is 0 Å². The lowest BCUT2D eigenvalue weighted by Gasteiger charge is -2.03. The van der Waals surface area contributed by atoms with E-state index in [1.807, 2.05) is 23.4 Å². The van der Waals surface area contributed by atoms with Crippen molar-refractivity contribution >= 4 is 23.5 Å². The fourth-order valence-electron chi connectivity index (χ4n) is 1.18. The smallest absolute Gasteiger partial charge is 0.167 e. The third-order valence-electron chi connectivity index (χ3n) is 2.07. The van der Waals surface area contributed by atoms with E-state index in [1.165, 1.54) is 17.9 Å². The van der Waals surface area contributed by atoms with Crippen LogP contribution >= 0.6 is 23.5 Å². The van der Waals surface area contributed by atoms with Crippen LogP contribution in [-0.2, 0) is 13.7 Å². The van der Waals surface area contributed by atoms with E-state index in [4.69, 9.17) is 5.11 Å². The maximum atomic E-state index is 9.00. The minimum atomic E-state index is 0.0652. The molecule has 1 aromatic heterocycles. The standard InChI is InChI=1S/C10H18N2OS2/c1-3-14-5-4-6-15-10-11-7-9(8-13)12(10)2/h7,13H,3-6,8H2,1-2H3. The predicted octanol–water partition coefficient (Wildman–Crippen LogP) is 2.15. The summed E-state index contributed by atoms with van der Waals surface area (Å²) < 4.78 is 1.96. The molecule has 0 atom stereocenters. The summed E-state index contributed by atoms with van der Waals surface area (Å²) in [6.45, 7) is 2.25. The lowest BCUT2D eigenvalue weighted by Crippen LogP contribution is -1.98. The summed E-state index contributed by atoms with van der Waals surface area (Å²) in [6.07, 6.45) is 2.95. The van der Waals surface area contributed by atoms with Crippen LogP contribution in [0.1, 0.15) is 19.0 Å². The number of hydrogen-bond donors (Lipinski definition) is 1. The van der Waals surface area contributed by atoms with Gasteiger partial charge in [-0.1, -0.05) is 18.7 Å². The van der Waals surface area contributed by atoms with Crippen LogP contribution in [0.25, 0.3) is 0 Å². The maximum Gasteiger partial charge on any atom is 0.167 e. The first-order valence-electron chi connectivity index (χ1n) is 5.11. The fraction of sp³-hybridized carbons (Fsp3) is 0.700. The molecule has 86 valence electrons. The van der Waals surface area contributed by atoms with Crippen LogP contribution in [-0.4, -0.2) is 31.9 Å². The second-order valence-corrected chi connectivity index (χ2v) is 5.60. The third-order valence-corrected chi connectivity index (χ3v) is 4.19. The molecule has 0 aliphatic carbocycles. The molecule has 0 aliphatic heterocycles. The normalized spacial score (nSPS) is 10.9. The van der Waals surface area contributed by atoms with Crippen molar-refractivity contribution in [3.8, 4) is 0 Å². The Balaban J connectivity index is 2.28. The molecule has 0 aliphatic rings. The van der Waals surface area contributed by atoms with E-state index >= 15 is 0 Å². The van der Waals surface area contributed by atoms with Crippen molar-refractivity contribution in [2.75, 3.05) is 17.3 Å². The Morgan fingerprint density at radius 3 is 2.87 bits per heavy atom. The van der Waals surface area contributed by atoms with E-state index in [0.29, 0.717) is 0 Å². The zero-order valence-electron chi connectivity index (χ0n) is 9.27. The highest BCUT2D eigenvalue weighted by Crippen LogP contribution is 2.18. The molecular formula is C10H18N2OS2. The number of nitrogens with zero attached hydrogens (tertiary/aromatic N) is 2. The van der Waals surface area contributed by atoms with Crippen LogP contribution in [0.3, 0.4) is 0 Å². The molecule has 0 aromatic carbocycles. The number of aliphatic hydroxyl groups is 1. The van der Waals surface area contributed by atoms with Crippen LogP contribution < -0.4 is 0 Å². The van der Waals surface area contributed by atoms with E-state index in [2.05, 4.69) is 11.9 Å². The minimum absolute atomic E-state index is 0.0652. The van der Waals surface area contributed by atoms with E-state index in [9.17, 15) is 0 Å². The molecule has 0 unspecified atom stereocenters. The summed E-state index contributed by atoms with van der Waals surface area (Å²) >= 11 is 3.74. The third kappa shape index (κ3) is 4.09. The van der Waals surface area contributed by atoms with Gasteiger partial charge in [0.25, 0.3) is 0 Å². The van der Waals surface area contributed by atoms with Crippen molar-refractivity contribution in [3.05, 3.63) is 11.9 Å². The summed E-state index contributed by atoms with van der Waals surface area (Å²) in [6, 6.07) is 0. The molecule has 5 heteroatoms. The highest BCUT2D eigenvalue weighted by Gasteiger charge is 2.05. The molecule has 1 heterocycles. The number of hydrogen-bond acceptors (Lipinski definition) is 4. The number of thioether (sulfide) groups is 2. The monoisotopic (exact) mass is 246 g/mol. The molecule has 0 saturated heterocycles.